The summed E-state index contributed by atoms with van der Waals surface area (Å²) in [5, 5.41) is 0. The molecule has 0 fully saturated rings. The third kappa shape index (κ3) is 6.98. The van der Waals surface area contributed by atoms with Gasteiger partial charge in [0, 0.05) is 37.9 Å². The molecular formula is C76H59NOS. The van der Waals surface area contributed by atoms with E-state index < -0.39 is 10.8 Å². The van der Waals surface area contributed by atoms with Gasteiger partial charge in [-0.2, -0.15) is 0 Å². The average molecular weight is 1030 g/mol. The Hall–Kier alpha value is -8.63. The standard InChI is InChI=1S/C76H59NOS/c1-73(2,3)51-36-40-58-59-41-37-52(74(4,5)6)45-65(59)76(64(58)44-51)63-28-16-19-31-71(63)79-72-43-39-54(47-67(72)76)77(68-29-17-12-22-55(68)50-34-32-49(33-35-50)48-20-8-7-9-21-48)53-38-42-70-66(46-53)75(62-27-15-18-30-69(62)78-70)60-25-13-10-23-56(60)57-24-11-14-26-61(57)75/h7-47H,1-6H3. The van der Waals surface area contributed by atoms with Crippen molar-refractivity contribution in [1.29, 1.82) is 0 Å². The number of fused-ring (bicyclic) bond motifs is 18. The zero-order valence-corrected chi connectivity index (χ0v) is 46.3. The van der Waals surface area contributed by atoms with Gasteiger partial charge in [0.15, 0.2) is 0 Å². The van der Waals surface area contributed by atoms with Crippen LogP contribution in [0.15, 0.2) is 259 Å². The molecule has 4 aliphatic rings. The summed E-state index contributed by atoms with van der Waals surface area (Å²) in [6, 6.07) is 93.7. The van der Waals surface area contributed by atoms with Crippen LogP contribution in [0.25, 0.3) is 44.5 Å². The first-order valence-electron chi connectivity index (χ1n) is 27.8. The maximum Gasteiger partial charge on any atom is 0.132 e. The molecular weight excluding hydrogens is 975 g/mol. The van der Waals surface area contributed by atoms with E-state index >= 15 is 0 Å². The van der Waals surface area contributed by atoms with Crippen molar-refractivity contribution in [2.24, 2.45) is 0 Å². The molecule has 79 heavy (non-hydrogen) atoms. The van der Waals surface area contributed by atoms with Crippen LogP contribution in [0, 0.1) is 0 Å². The Kier molecular flexibility index (Phi) is 10.5. The summed E-state index contributed by atoms with van der Waals surface area (Å²) in [6.45, 7) is 14.1. The van der Waals surface area contributed by atoms with Crippen molar-refractivity contribution in [3.8, 4) is 56.0 Å². The number of ether oxygens (including phenoxy) is 1. The van der Waals surface area contributed by atoms with E-state index in [2.05, 4.69) is 295 Å². The normalized spacial score (nSPS) is 14.5. The van der Waals surface area contributed by atoms with Crippen molar-refractivity contribution < 1.29 is 4.74 Å². The maximum atomic E-state index is 7.06. The summed E-state index contributed by atoms with van der Waals surface area (Å²) < 4.78 is 7.06. The van der Waals surface area contributed by atoms with Crippen molar-refractivity contribution in [3.63, 3.8) is 0 Å². The number of para-hydroxylation sites is 2. The molecule has 2 aliphatic carbocycles. The third-order valence-electron chi connectivity index (χ3n) is 17.5. The van der Waals surface area contributed by atoms with E-state index in [1.54, 1.807) is 0 Å². The van der Waals surface area contributed by atoms with Crippen LogP contribution < -0.4 is 9.64 Å². The van der Waals surface area contributed by atoms with Gasteiger partial charge in [-0.1, -0.05) is 247 Å². The summed E-state index contributed by atoms with van der Waals surface area (Å²) in [7, 11) is 0. The molecule has 0 bridgehead atoms. The minimum atomic E-state index is -0.640. The molecule has 15 rings (SSSR count). The Morgan fingerprint density at radius 3 is 1.42 bits per heavy atom. The van der Waals surface area contributed by atoms with Gasteiger partial charge in [-0.3, -0.25) is 0 Å². The first-order valence-corrected chi connectivity index (χ1v) is 28.6. The highest BCUT2D eigenvalue weighted by Gasteiger charge is 2.53. The fourth-order valence-electron chi connectivity index (χ4n) is 13.8. The van der Waals surface area contributed by atoms with Gasteiger partial charge < -0.3 is 9.64 Å². The molecule has 3 heteroatoms. The van der Waals surface area contributed by atoms with Gasteiger partial charge in [0.25, 0.3) is 0 Å². The number of benzene rings is 11. The first kappa shape index (κ1) is 47.6. The molecule has 0 atom stereocenters. The van der Waals surface area contributed by atoms with Crippen molar-refractivity contribution >= 4 is 28.8 Å². The Labute approximate surface area is 469 Å². The van der Waals surface area contributed by atoms with E-state index in [0.29, 0.717) is 0 Å². The summed E-state index contributed by atoms with van der Waals surface area (Å²) >= 11 is 1.90. The summed E-state index contributed by atoms with van der Waals surface area (Å²) in [6.07, 6.45) is 0. The molecule has 380 valence electrons. The second-order valence-corrected chi connectivity index (χ2v) is 25.0. The molecule has 11 aromatic carbocycles. The fraction of sp³-hybridized carbons (Fsp3) is 0.132. The molecule has 11 aromatic rings. The van der Waals surface area contributed by atoms with E-state index in [0.717, 1.165) is 50.8 Å². The van der Waals surface area contributed by atoms with Gasteiger partial charge in [-0.25, -0.2) is 0 Å². The van der Waals surface area contributed by atoms with E-state index in [4.69, 9.17) is 4.74 Å². The molecule has 2 spiro atoms. The fourth-order valence-corrected chi connectivity index (χ4v) is 15.0. The van der Waals surface area contributed by atoms with Gasteiger partial charge in [0.2, 0.25) is 0 Å². The monoisotopic (exact) mass is 1030 g/mol. The van der Waals surface area contributed by atoms with Crippen molar-refractivity contribution in [2.45, 2.75) is 73.0 Å². The van der Waals surface area contributed by atoms with Gasteiger partial charge in [-0.05, 0) is 149 Å². The number of nitrogens with zero attached hydrogens (tertiary/aromatic N) is 1. The molecule has 0 unspecified atom stereocenters. The quantitative estimate of drug-likeness (QED) is 0.170. The minimum absolute atomic E-state index is 0.0661. The molecule has 0 N–H and O–H groups in total. The molecule has 0 aromatic heterocycles. The van der Waals surface area contributed by atoms with Crippen LogP contribution in [0.3, 0.4) is 0 Å². The topological polar surface area (TPSA) is 12.5 Å². The molecule has 0 saturated heterocycles. The molecule has 2 heterocycles. The summed E-state index contributed by atoms with van der Waals surface area (Å²) in [5.74, 6) is 1.74. The highest BCUT2D eigenvalue weighted by Crippen LogP contribution is 2.65. The molecule has 2 nitrogen and oxygen atoms in total. The van der Waals surface area contributed by atoms with E-state index in [1.165, 1.54) is 87.7 Å². The SMILES string of the molecule is CC(C)(C)c1ccc2c(c1)C1(c3ccccc3Sc3ccc(N(c4ccc5c(c4)C4(c6ccccc6O5)c5ccccc5-c5ccccc54)c4ccccc4-c4ccc(-c5ccccc5)cc4)cc31)c1cc(C(C)(C)C)ccc1-2. The Morgan fingerprint density at radius 2 is 0.772 bits per heavy atom. The number of hydrogen-bond acceptors (Lipinski definition) is 3. The molecule has 0 saturated carbocycles. The van der Waals surface area contributed by atoms with Crippen LogP contribution in [0.2, 0.25) is 0 Å². The minimum Gasteiger partial charge on any atom is -0.457 e. The lowest BCUT2D eigenvalue weighted by atomic mass is 9.66. The van der Waals surface area contributed by atoms with Gasteiger partial charge in [-0.15, -0.1) is 0 Å². The predicted molar refractivity (Wildman–Crippen MR) is 328 cm³/mol. The predicted octanol–water partition coefficient (Wildman–Crippen LogP) is 20.4. The highest BCUT2D eigenvalue weighted by molar-refractivity contribution is 7.99. The average Bonchev–Trinajstić information content (AvgIpc) is 3.04. The van der Waals surface area contributed by atoms with E-state index in [-0.39, 0.29) is 10.8 Å². The lowest BCUT2D eigenvalue weighted by molar-refractivity contribution is 0.436. The van der Waals surface area contributed by atoms with Crippen LogP contribution in [-0.4, -0.2) is 0 Å². The molecule has 0 amide bonds. The summed E-state index contributed by atoms with van der Waals surface area (Å²) in [5.41, 5.74) is 24.4. The first-order chi connectivity index (χ1) is 38.4. The summed E-state index contributed by atoms with van der Waals surface area (Å²) in [4.78, 5) is 5.10. The van der Waals surface area contributed by atoms with Gasteiger partial charge >= 0.3 is 0 Å². The van der Waals surface area contributed by atoms with Crippen molar-refractivity contribution in [1.82, 2.24) is 0 Å². The number of hydrogen-bond donors (Lipinski definition) is 0. The van der Waals surface area contributed by atoms with Gasteiger partial charge in [0.1, 0.15) is 11.5 Å². The van der Waals surface area contributed by atoms with Crippen LogP contribution >= 0.6 is 11.8 Å². The van der Waals surface area contributed by atoms with Crippen molar-refractivity contribution in [3.05, 3.63) is 304 Å². The highest BCUT2D eigenvalue weighted by atomic mass is 32.2. The molecule has 0 radical (unpaired) electrons. The zero-order valence-electron chi connectivity index (χ0n) is 45.4. The second kappa shape index (κ2) is 17.4. The lowest BCUT2D eigenvalue weighted by Crippen LogP contribution is -2.33. The zero-order chi connectivity index (χ0) is 53.4. The number of rotatable bonds is 5. The lowest BCUT2D eigenvalue weighted by Gasteiger charge is -2.42. The second-order valence-electron chi connectivity index (χ2n) is 24.0. The Bertz CT molecular complexity index is 4180. The third-order valence-corrected chi connectivity index (χ3v) is 18.7. The Balaban J connectivity index is 1.02. The maximum absolute atomic E-state index is 7.06. The number of anilines is 3. The van der Waals surface area contributed by atoms with Crippen LogP contribution in [-0.2, 0) is 21.7 Å². The van der Waals surface area contributed by atoms with E-state index in [9.17, 15) is 0 Å². The van der Waals surface area contributed by atoms with Gasteiger partial charge in [0.05, 0.1) is 16.5 Å². The Morgan fingerprint density at radius 1 is 0.316 bits per heavy atom. The van der Waals surface area contributed by atoms with Crippen LogP contribution in [0.5, 0.6) is 11.5 Å². The molecule has 2 aliphatic heterocycles. The van der Waals surface area contributed by atoms with Crippen LogP contribution in [0.4, 0.5) is 17.1 Å². The smallest absolute Gasteiger partial charge is 0.132 e. The van der Waals surface area contributed by atoms with Crippen LogP contribution in [0.1, 0.15) is 97.2 Å². The van der Waals surface area contributed by atoms with E-state index in [1.807, 2.05) is 11.8 Å². The van der Waals surface area contributed by atoms with Crippen molar-refractivity contribution in [2.75, 3.05) is 4.90 Å². The largest absolute Gasteiger partial charge is 0.457 e.